The molecule has 0 spiro atoms. The van der Waals surface area contributed by atoms with Gasteiger partial charge in [0.05, 0.1) is 22.4 Å². The van der Waals surface area contributed by atoms with Crippen molar-refractivity contribution in [3.63, 3.8) is 0 Å². The lowest BCUT2D eigenvalue weighted by atomic mass is 10.1. The predicted octanol–water partition coefficient (Wildman–Crippen LogP) is 3.98. The zero-order valence-corrected chi connectivity index (χ0v) is 15.3. The summed E-state index contributed by atoms with van der Waals surface area (Å²) in [5, 5.41) is 3.34. The molecule has 0 saturated heterocycles. The van der Waals surface area contributed by atoms with E-state index in [4.69, 9.17) is 4.74 Å². The molecule has 1 aromatic carbocycles. The summed E-state index contributed by atoms with van der Waals surface area (Å²) in [6.45, 7) is 7.50. The molecule has 0 aliphatic rings. The minimum atomic E-state index is -0.427. The number of carbonyl (C=O) groups is 2. The van der Waals surface area contributed by atoms with E-state index >= 15 is 0 Å². The van der Waals surface area contributed by atoms with Gasteiger partial charge >= 0.3 is 5.97 Å². The number of benzene rings is 1. The van der Waals surface area contributed by atoms with Crippen LogP contribution in [0.1, 0.15) is 44.6 Å². The molecular weight excluding hydrogens is 338 g/mol. The van der Waals surface area contributed by atoms with Crippen LogP contribution in [0.2, 0.25) is 0 Å². The van der Waals surface area contributed by atoms with Crippen LogP contribution in [0.5, 0.6) is 0 Å². The highest BCUT2D eigenvalue weighted by Gasteiger charge is 2.23. The summed E-state index contributed by atoms with van der Waals surface area (Å²) in [7, 11) is 0. The van der Waals surface area contributed by atoms with Gasteiger partial charge < -0.3 is 9.72 Å². The van der Waals surface area contributed by atoms with Crippen LogP contribution in [0.25, 0.3) is 10.2 Å². The molecule has 3 aromatic rings. The average Bonchev–Trinajstić information content (AvgIpc) is 3.09. The average molecular weight is 357 g/mol. The van der Waals surface area contributed by atoms with E-state index < -0.39 is 5.97 Å². The summed E-state index contributed by atoms with van der Waals surface area (Å²) < 4.78 is 6.07. The fraction of sp³-hybridized carbons (Fsp3) is 0.278. The number of nitrogens with zero attached hydrogens (tertiary/aromatic N) is 1. The van der Waals surface area contributed by atoms with Gasteiger partial charge in [0.25, 0.3) is 5.91 Å². The number of aromatic nitrogens is 2. The predicted molar refractivity (Wildman–Crippen MR) is 98.5 cm³/mol. The second-order valence-electron chi connectivity index (χ2n) is 5.74. The molecule has 25 heavy (non-hydrogen) atoms. The number of esters is 1. The summed E-state index contributed by atoms with van der Waals surface area (Å²) >= 11 is 1.42. The van der Waals surface area contributed by atoms with E-state index in [0.717, 1.165) is 15.8 Å². The fourth-order valence-electron chi connectivity index (χ4n) is 2.79. The van der Waals surface area contributed by atoms with Gasteiger partial charge in [-0.1, -0.05) is 23.5 Å². The zero-order valence-electron chi connectivity index (χ0n) is 14.5. The molecule has 6 nitrogen and oxygen atoms in total. The first kappa shape index (κ1) is 17.2. The van der Waals surface area contributed by atoms with Gasteiger partial charge in [-0.3, -0.25) is 10.1 Å². The van der Waals surface area contributed by atoms with E-state index in [-0.39, 0.29) is 12.5 Å². The Morgan fingerprint density at radius 2 is 2.04 bits per heavy atom. The molecule has 0 atom stereocenters. The summed E-state index contributed by atoms with van der Waals surface area (Å²) in [6, 6.07) is 5.92. The molecule has 0 saturated carbocycles. The van der Waals surface area contributed by atoms with Gasteiger partial charge in [0.15, 0.2) is 5.13 Å². The molecule has 0 bridgehead atoms. The topological polar surface area (TPSA) is 84.1 Å². The summed E-state index contributed by atoms with van der Waals surface area (Å²) in [5.74, 6) is -0.753. The van der Waals surface area contributed by atoms with Crippen LogP contribution in [0, 0.1) is 20.8 Å². The number of amides is 1. The van der Waals surface area contributed by atoms with Crippen LogP contribution < -0.4 is 5.32 Å². The number of ether oxygens (including phenoxy) is 1. The Labute approximate surface area is 149 Å². The van der Waals surface area contributed by atoms with Crippen molar-refractivity contribution >= 4 is 38.6 Å². The number of rotatable bonds is 4. The lowest BCUT2D eigenvalue weighted by molar-refractivity contribution is 0.0525. The van der Waals surface area contributed by atoms with Gasteiger partial charge in [0.2, 0.25) is 0 Å². The van der Waals surface area contributed by atoms with Gasteiger partial charge in [-0.15, -0.1) is 0 Å². The van der Waals surface area contributed by atoms with Crippen molar-refractivity contribution in [1.82, 2.24) is 9.97 Å². The van der Waals surface area contributed by atoms with Crippen molar-refractivity contribution < 1.29 is 14.3 Å². The first-order valence-corrected chi connectivity index (χ1v) is 8.77. The Hall–Kier alpha value is -2.67. The number of hydrogen-bond donors (Lipinski definition) is 2. The summed E-state index contributed by atoms with van der Waals surface area (Å²) in [5.41, 5.74) is 3.89. The van der Waals surface area contributed by atoms with Crippen LogP contribution in [0.4, 0.5) is 5.13 Å². The Kier molecular flexibility index (Phi) is 4.59. The standard InChI is InChI=1S/C18H19N3O3S/c1-5-24-17(23)13-10(3)15(19-11(13)4)16(22)21-18-20-14-9(2)7-6-8-12(14)25-18/h6-8,19H,5H2,1-4H3,(H,20,21,22). The maximum atomic E-state index is 12.6. The highest BCUT2D eigenvalue weighted by molar-refractivity contribution is 7.22. The third-order valence-electron chi connectivity index (χ3n) is 3.99. The molecule has 7 heteroatoms. The minimum Gasteiger partial charge on any atom is -0.462 e. The van der Waals surface area contributed by atoms with E-state index in [2.05, 4.69) is 15.3 Å². The number of anilines is 1. The number of H-pyrrole nitrogens is 1. The van der Waals surface area contributed by atoms with Gasteiger partial charge in [0.1, 0.15) is 5.69 Å². The fourth-order valence-corrected chi connectivity index (χ4v) is 3.72. The molecule has 2 N–H and O–H groups in total. The Morgan fingerprint density at radius 3 is 2.72 bits per heavy atom. The van der Waals surface area contributed by atoms with E-state index in [1.165, 1.54) is 11.3 Å². The maximum Gasteiger partial charge on any atom is 0.340 e. The van der Waals surface area contributed by atoms with Gasteiger partial charge in [-0.05, 0) is 44.9 Å². The van der Waals surface area contributed by atoms with Crippen molar-refractivity contribution in [3.05, 3.63) is 46.3 Å². The van der Waals surface area contributed by atoms with Crippen molar-refractivity contribution in [2.24, 2.45) is 0 Å². The van der Waals surface area contributed by atoms with Crippen LogP contribution in [0.15, 0.2) is 18.2 Å². The number of thiazole rings is 1. The molecule has 0 aliphatic heterocycles. The normalized spacial score (nSPS) is 10.9. The van der Waals surface area contributed by atoms with E-state index in [0.29, 0.717) is 27.6 Å². The van der Waals surface area contributed by atoms with Crippen molar-refractivity contribution in [1.29, 1.82) is 0 Å². The molecule has 2 heterocycles. The lowest BCUT2D eigenvalue weighted by Gasteiger charge is -2.03. The number of carbonyl (C=O) groups excluding carboxylic acids is 2. The molecule has 2 aromatic heterocycles. The van der Waals surface area contributed by atoms with Crippen molar-refractivity contribution in [2.75, 3.05) is 11.9 Å². The molecule has 3 rings (SSSR count). The van der Waals surface area contributed by atoms with Crippen molar-refractivity contribution in [3.8, 4) is 0 Å². The quantitative estimate of drug-likeness (QED) is 0.692. The number of hydrogen-bond acceptors (Lipinski definition) is 5. The molecule has 0 aliphatic carbocycles. The Balaban J connectivity index is 1.89. The minimum absolute atomic E-state index is 0.287. The van der Waals surface area contributed by atoms with Gasteiger partial charge in [-0.2, -0.15) is 0 Å². The van der Waals surface area contributed by atoms with E-state index in [1.807, 2.05) is 25.1 Å². The zero-order chi connectivity index (χ0) is 18.1. The van der Waals surface area contributed by atoms with Gasteiger partial charge in [-0.25, -0.2) is 9.78 Å². The largest absolute Gasteiger partial charge is 0.462 e. The molecule has 0 radical (unpaired) electrons. The number of fused-ring (bicyclic) bond motifs is 1. The molecule has 0 fully saturated rings. The van der Waals surface area contributed by atoms with E-state index in [1.54, 1.807) is 20.8 Å². The third kappa shape index (κ3) is 3.15. The number of nitrogens with one attached hydrogen (secondary N) is 2. The van der Waals surface area contributed by atoms with Gasteiger partial charge in [0, 0.05) is 5.69 Å². The molecule has 1 amide bonds. The van der Waals surface area contributed by atoms with Crippen LogP contribution in [-0.4, -0.2) is 28.5 Å². The van der Waals surface area contributed by atoms with Crippen molar-refractivity contribution in [2.45, 2.75) is 27.7 Å². The second-order valence-corrected chi connectivity index (χ2v) is 6.77. The number of para-hydroxylation sites is 1. The SMILES string of the molecule is CCOC(=O)c1c(C)[nH]c(C(=O)Nc2nc3c(C)cccc3s2)c1C. The summed E-state index contributed by atoms with van der Waals surface area (Å²) in [6.07, 6.45) is 0. The third-order valence-corrected chi connectivity index (χ3v) is 4.92. The van der Waals surface area contributed by atoms with E-state index in [9.17, 15) is 9.59 Å². The summed E-state index contributed by atoms with van der Waals surface area (Å²) in [4.78, 5) is 32.1. The maximum absolute atomic E-state index is 12.6. The molecule has 130 valence electrons. The lowest BCUT2D eigenvalue weighted by Crippen LogP contribution is -2.14. The first-order chi connectivity index (χ1) is 11.9. The second kappa shape index (κ2) is 6.68. The highest BCUT2D eigenvalue weighted by Crippen LogP contribution is 2.28. The van der Waals surface area contributed by atoms with Crippen LogP contribution in [-0.2, 0) is 4.74 Å². The Bertz CT molecular complexity index is 972. The molecular formula is C18H19N3O3S. The number of aromatic amines is 1. The molecule has 0 unspecified atom stereocenters. The van der Waals surface area contributed by atoms with Crippen LogP contribution >= 0.6 is 11.3 Å². The highest BCUT2D eigenvalue weighted by atomic mass is 32.1. The first-order valence-electron chi connectivity index (χ1n) is 7.96. The smallest absolute Gasteiger partial charge is 0.340 e. The number of aryl methyl sites for hydroxylation is 2. The van der Waals surface area contributed by atoms with Crippen LogP contribution in [0.3, 0.4) is 0 Å². The Morgan fingerprint density at radius 1 is 1.28 bits per heavy atom. The monoisotopic (exact) mass is 357 g/mol.